The molecular weight excluding hydrogens is 164 g/mol. The minimum atomic E-state index is 0.749. The molecule has 0 unspecified atom stereocenters. The van der Waals surface area contributed by atoms with Crippen molar-refractivity contribution in [1.82, 2.24) is 10.3 Å². The average Bonchev–Trinajstić information content (AvgIpc) is 2.19. The van der Waals surface area contributed by atoms with E-state index in [2.05, 4.69) is 17.2 Å². The molecule has 0 saturated heterocycles. The topological polar surface area (TPSA) is 34.1 Å². The van der Waals surface area contributed by atoms with Gasteiger partial charge >= 0.3 is 0 Å². The predicted octanol–water partition coefficient (Wildman–Crippen LogP) is 1.46. The fourth-order valence-electron chi connectivity index (χ4n) is 0.996. The third-order valence-corrected chi connectivity index (χ3v) is 1.65. The van der Waals surface area contributed by atoms with Crippen LogP contribution in [0.1, 0.15) is 13.3 Å². The molecule has 1 N–H and O–H groups in total. The first kappa shape index (κ1) is 9.99. The first-order chi connectivity index (χ1) is 6.43. The molecule has 0 aliphatic rings. The molecule has 0 fully saturated rings. The van der Waals surface area contributed by atoms with Crippen molar-refractivity contribution in [3.63, 3.8) is 0 Å². The fourth-order valence-corrected chi connectivity index (χ4v) is 0.996. The number of aromatic nitrogens is 1. The van der Waals surface area contributed by atoms with Gasteiger partial charge < -0.3 is 10.1 Å². The van der Waals surface area contributed by atoms with E-state index < -0.39 is 0 Å². The number of ether oxygens (including phenoxy) is 1. The SMILES string of the molecule is CCNCCCOc1cccnc1. The van der Waals surface area contributed by atoms with Crippen LogP contribution in [0.15, 0.2) is 24.5 Å². The predicted molar refractivity (Wildman–Crippen MR) is 52.9 cm³/mol. The van der Waals surface area contributed by atoms with E-state index in [1.54, 1.807) is 12.4 Å². The molecule has 3 heteroatoms. The Hall–Kier alpha value is -1.09. The number of nitrogens with one attached hydrogen (secondary N) is 1. The second-order valence-electron chi connectivity index (χ2n) is 2.74. The molecule has 0 bridgehead atoms. The lowest BCUT2D eigenvalue weighted by Crippen LogP contribution is -2.16. The Morgan fingerprint density at radius 3 is 3.15 bits per heavy atom. The number of nitrogens with zero attached hydrogens (tertiary/aromatic N) is 1. The van der Waals surface area contributed by atoms with Gasteiger partial charge in [0, 0.05) is 6.20 Å². The summed E-state index contributed by atoms with van der Waals surface area (Å²) in [4.78, 5) is 3.96. The average molecular weight is 180 g/mol. The molecule has 1 heterocycles. The van der Waals surface area contributed by atoms with Gasteiger partial charge in [-0.25, -0.2) is 0 Å². The standard InChI is InChI=1S/C10H16N2O/c1-2-11-7-4-8-13-10-5-3-6-12-9-10/h3,5-6,9,11H,2,4,7-8H2,1H3. The van der Waals surface area contributed by atoms with Gasteiger partial charge in [-0.3, -0.25) is 4.98 Å². The smallest absolute Gasteiger partial charge is 0.137 e. The molecule has 0 radical (unpaired) electrons. The maximum absolute atomic E-state index is 5.45. The van der Waals surface area contributed by atoms with Crippen molar-refractivity contribution in [2.45, 2.75) is 13.3 Å². The van der Waals surface area contributed by atoms with Gasteiger partial charge in [-0.05, 0) is 31.6 Å². The van der Waals surface area contributed by atoms with Crippen molar-refractivity contribution in [3.05, 3.63) is 24.5 Å². The molecule has 13 heavy (non-hydrogen) atoms. The van der Waals surface area contributed by atoms with Crippen molar-refractivity contribution < 1.29 is 4.74 Å². The molecule has 72 valence electrons. The molecule has 0 saturated carbocycles. The molecule has 0 aliphatic heterocycles. The number of hydrogen-bond donors (Lipinski definition) is 1. The van der Waals surface area contributed by atoms with Crippen LogP contribution in [0, 0.1) is 0 Å². The molecule has 0 aromatic carbocycles. The summed E-state index contributed by atoms with van der Waals surface area (Å²) in [6.45, 7) is 4.88. The summed E-state index contributed by atoms with van der Waals surface area (Å²) in [5.74, 6) is 0.846. The van der Waals surface area contributed by atoms with Gasteiger partial charge in [0.05, 0.1) is 12.8 Å². The Morgan fingerprint density at radius 1 is 1.54 bits per heavy atom. The number of rotatable bonds is 6. The van der Waals surface area contributed by atoms with Crippen LogP contribution in [-0.2, 0) is 0 Å². The summed E-state index contributed by atoms with van der Waals surface area (Å²) in [5, 5.41) is 3.24. The Morgan fingerprint density at radius 2 is 2.46 bits per heavy atom. The highest BCUT2D eigenvalue weighted by atomic mass is 16.5. The van der Waals surface area contributed by atoms with E-state index in [-0.39, 0.29) is 0 Å². The highest BCUT2D eigenvalue weighted by Crippen LogP contribution is 2.05. The molecule has 0 atom stereocenters. The molecule has 1 aromatic heterocycles. The van der Waals surface area contributed by atoms with Crippen molar-refractivity contribution in [1.29, 1.82) is 0 Å². The van der Waals surface area contributed by atoms with Gasteiger partial charge in [-0.1, -0.05) is 6.92 Å². The third kappa shape index (κ3) is 4.48. The minimum Gasteiger partial charge on any atom is -0.492 e. The summed E-state index contributed by atoms with van der Waals surface area (Å²) in [7, 11) is 0. The molecular formula is C10H16N2O. The normalized spacial score (nSPS) is 9.92. The molecule has 1 aromatic rings. The summed E-state index contributed by atoms with van der Waals surface area (Å²) in [6.07, 6.45) is 4.50. The van der Waals surface area contributed by atoms with E-state index in [0.717, 1.165) is 31.9 Å². The Bertz CT molecular complexity index is 213. The lowest BCUT2D eigenvalue weighted by Gasteiger charge is -2.04. The van der Waals surface area contributed by atoms with Crippen molar-refractivity contribution in [2.75, 3.05) is 19.7 Å². The summed E-state index contributed by atoms with van der Waals surface area (Å²) < 4.78 is 5.45. The van der Waals surface area contributed by atoms with Gasteiger partial charge in [0.25, 0.3) is 0 Å². The summed E-state index contributed by atoms with van der Waals surface area (Å²) >= 11 is 0. The van der Waals surface area contributed by atoms with E-state index >= 15 is 0 Å². The van der Waals surface area contributed by atoms with Crippen LogP contribution in [-0.4, -0.2) is 24.7 Å². The van der Waals surface area contributed by atoms with Crippen molar-refractivity contribution in [2.24, 2.45) is 0 Å². The molecule has 3 nitrogen and oxygen atoms in total. The van der Waals surface area contributed by atoms with E-state index in [1.807, 2.05) is 12.1 Å². The Labute approximate surface area is 79.1 Å². The van der Waals surface area contributed by atoms with Gasteiger partial charge in [0.1, 0.15) is 5.75 Å². The molecule has 0 spiro atoms. The van der Waals surface area contributed by atoms with Crippen molar-refractivity contribution >= 4 is 0 Å². The van der Waals surface area contributed by atoms with Crippen LogP contribution in [0.25, 0.3) is 0 Å². The summed E-state index contributed by atoms with van der Waals surface area (Å²) in [6, 6.07) is 3.79. The lowest BCUT2D eigenvalue weighted by atomic mass is 10.4. The van der Waals surface area contributed by atoms with E-state index in [0.29, 0.717) is 0 Å². The second kappa shape index (κ2) is 6.43. The van der Waals surface area contributed by atoms with Gasteiger partial charge in [-0.2, -0.15) is 0 Å². The van der Waals surface area contributed by atoms with E-state index in [4.69, 9.17) is 4.74 Å². The second-order valence-corrected chi connectivity index (χ2v) is 2.74. The number of pyridine rings is 1. The molecule has 0 aliphatic carbocycles. The Kier molecular flexibility index (Phi) is 4.94. The van der Waals surface area contributed by atoms with Crippen LogP contribution >= 0.6 is 0 Å². The van der Waals surface area contributed by atoms with Gasteiger partial charge in [0.2, 0.25) is 0 Å². The fraction of sp³-hybridized carbons (Fsp3) is 0.500. The van der Waals surface area contributed by atoms with Gasteiger partial charge in [0.15, 0.2) is 0 Å². The van der Waals surface area contributed by atoms with Crippen LogP contribution in [0.2, 0.25) is 0 Å². The lowest BCUT2D eigenvalue weighted by molar-refractivity contribution is 0.307. The zero-order valence-corrected chi connectivity index (χ0v) is 7.99. The molecule has 1 rings (SSSR count). The quantitative estimate of drug-likeness (QED) is 0.673. The highest BCUT2D eigenvalue weighted by Gasteiger charge is 1.91. The minimum absolute atomic E-state index is 0.749. The van der Waals surface area contributed by atoms with Crippen LogP contribution < -0.4 is 10.1 Å². The first-order valence-corrected chi connectivity index (χ1v) is 4.67. The zero-order chi connectivity index (χ0) is 9.36. The Balaban J connectivity index is 2.07. The third-order valence-electron chi connectivity index (χ3n) is 1.65. The van der Waals surface area contributed by atoms with E-state index in [1.165, 1.54) is 0 Å². The number of hydrogen-bond acceptors (Lipinski definition) is 3. The van der Waals surface area contributed by atoms with Crippen LogP contribution in [0.4, 0.5) is 0 Å². The zero-order valence-electron chi connectivity index (χ0n) is 7.99. The largest absolute Gasteiger partial charge is 0.492 e. The monoisotopic (exact) mass is 180 g/mol. The van der Waals surface area contributed by atoms with Crippen LogP contribution in [0.5, 0.6) is 5.75 Å². The van der Waals surface area contributed by atoms with E-state index in [9.17, 15) is 0 Å². The van der Waals surface area contributed by atoms with Crippen LogP contribution in [0.3, 0.4) is 0 Å². The highest BCUT2D eigenvalue weighted by molar-refractivity contribution is 5.15. The van der Waals surface area contributed by atoms with Crippen molar-refractivity contribution in [3.8, 4) is 5.75 Å². The summed E-state index contributed by atoms with van der Waals surface area (Å²) in [5.41, 5.74) is 0. The maximum atomic E-state index is 5.45. The molecule has 0 amide bonds. The first-order valence-electron chi connectivity index (χ1n) is 4.67. The van der Waals surface area contributed by atoms with Gasteiger partial charge in [-0.15, -0.1) is 0 Å². The maximum Gasteiger partial charge on any atom is 0.137 e.